The van der Waals surface area contributed by atoms with Crippen LogP contribution in [0.5, 0.6) is 0 Å². The van der Waals surface area contributed by atoms with Gasteiger partial charge in [0.1, 0.15) is 0 Å². The third-order valence-corrected chi connectivity index (χ3v) is 3.53. The van der Waals surface area contributed by atoms with Crippen molar-refractivity contribution in [2.75, 3.05) is 0 Å². The van der Waals surface area contributed by atoms with E-state index >= 15 is 0 Å². The Kier molecular flexibility index (Phi) is 4.56. The second kappa shape index (κ2) is 6.37. The molecule has 0 fully saturated rings. The number of rotatable bonds is 5. The normalized spacial score (nSPS) is 22.1. The van der Waals surface area contributed by atoms with E-state index in [2.05, 4.69) is 0 Å². The third-order valence-electron chi connectivity index (χ3n) is 3.53. The molecule has 0 saturated heterocycles. The number of esters is 1. The lowest BCUT2D eigenvalue weighted by atomic mass is 9.82. The molecule has 1 N–H and O–H groups in total. The summed E-state index contributed by atoms with van der Waals surface area (Å²) < 4.78 is 4.93. The number of hydrogen-bond donors (Lipinski definition) is 1. The predicted octanol–water partition coefficient (Wildman–Crippen LogP) is 2.79. The summed E-state index contributed by atoms with van der Waals surface area (Å²) in [7, 11) is 0. The maximum Gasteiger partial charge on any atom is 0.371 e. The highest BCUT2D eigenvalue weighted by Gasteiger charge is 2.35. The van der Waals surface area contributed by atoms with E-state index in [-0.39, 0.29) is 17.6 Å². The fraction of sp³-hybridized carbons (Fsp3) is 0.375. The third kappa shape index (κ3) is 3.26. The van der Waals surface area contributed by atoms with Crippen LogP contribution in [0.25, 0.3) is 0 Å². The van der Waals surface area contributed by atoms with Crippen LogP contribution >= 0.6 is 0 Å². The van der Waals surface area contributed by atoms with Crippen molar-refractivity contribution in [2.45, 2.75) is 26.2 Å². The van der Waals surface area contributed by atoms with E-state index in [4.69, 9.17) is 9.84 Å². The molecule has 0 bridgehead atoms. The molecule has 0 spiro atoms. The van der Waals surface area contributed by atoms with Crippen molar-refractivity contribution in [1.82, 2.24) is 0 Å². The van der Waals surface area contributed by atoms with Gasteiger partial charge in [-0.05, 0) is 30.4 Å². The van der Waals surface area contributed by atoms with Crippen molar-refractivity contribution < 1.29 is 19.4 Å². The number of ether oxygens (including phenoxy) is 1. The van der Waals surface area contributed by atoms with Gasteiger partial charge in [0, 0.05) is 0 Å². The number of hydrogen-bond acceptors (Lipinski definition) is 3. The Bertz CT molecular complexity index is 519. The molecular formula is C16H18O4. The number of carbonyl (C=O) groups is 2. The lowest BCUT2D eigenvalue weighted by Crippen LogP contribution is -2.32. The zero-order chi connectivity index (χ0) is 14.5. The molecule has 20 heavy (non-hydrogen) atoms. The number of benzene rings is 1. The summed E-state index contributed by atoms with van der Waals surface area (Å²) in [5.41, 5.74) is 1.06. The molecule has 0 aliphatic carbocycles. The molecule has 1 aromatic rings. The van der Waals surface area contributed by atoms with Crippen LogP contribution in [0.15, 0.2) is 42.2 Å². The second-order valence-electron chi connectivity index (χ2n) is 5.01. The summed E-state index contributed by atoms with van der Waals surface area (Å²) in [5, 5.41) is 8.97. The van der Waals surface area contributed by atoms with Crippen LogP contribution in [-0.2, 0) is 20.7 Å². The van der Waals surface area contributed by atoms with Crippen molar-refractivity contribution in [2.24, 2.45) is 11.8 Å². The number of allylic oxidation sites excluding steroid dienone is 1. The summed E-state index contributed by atoms with van der Waals surface area (Å²) in [6, 6.07) is 9.71. The first-order chi connectivity index (χ1) is 9.61. The first-order valence-electron chi connectivity index (χ1n) is 6.82. The molecule has 4 heteroatoms. The molecule has 2 rings (SSSR count). The fourth-order valence-corrected chi connectivity index (χ4v) is 2.54. The van der Waals surface area contributed by atoms with Crippen LogP contribution in [0.1, 0.15) is 25.3 Å². The molecule has 0 aromatic heterocycles. The minimum atomic E-state index is -1.18. The van der Waals surface area contributed by atoms with Gasteiger partial charge in [-0.15, -0.1) is 0 Å². The summed E-state index contributed by atoms with van der Waals surface area (Å²) >= 11 is 0. The molecule has 2 atom stereocenters. The summed E-state index contributed by atoms with van der Waals surface area (Å²) in [4.78, 5) is 23.0. The molecule has 106 valence electrons. The molecule has 0 amide bonds. The molecule has 2 unspecified atom stereocenters. The average Bonchev–Trinajstić information content (AvgIpc) is 2.43. The van der Waals surface area contributed by atoms with Gasteiger partial charge in [0.05, 0.1) is 5.92 Å². The quantitative estimate of drug-likeness (QED) is 0.839. The Hall–Kier alpha value is -2.10. The van der Waals surface area contributed by atoms with Crippen LogP contribution in [0.4, 0.5) is 0 Å². The van der Waals surface area contributed by atoms with Crippen molar-refractivity contribution >= 4 is 11.9 Å². The topological polar surface area (TPSA) is 63.6 Å². The van der Waals surface area contributed by atoms with Crippen LogP contribution in [-0.4, -0.2) is 17.0 Å². The molecule has 0 radical (unpaired) electrons. The van der Waals surface area contributed by atoms with E-state index in [0.717, 1.165) is 18.4 Å². The van der Waals surface area contributed by atoms with Gasteiger partial charge in [-0.3, -0.25) is 4.79 Å². The Balaban J connectivity index is 2.22. The van der Waals surface area contributed by atoms with Crippen LogP contribution in [0.2, 0.25) is 0 Å². The van der Waals surface area contributed by atoms with E-state index in [1.54, 1.807) is 6.08 Å². The van der Waals surface area contributed by atoms with E-state index in [1.165, 1.54) is 0 Å². The number of carboxylic acid groups (broad SMARTS) is 1. The number of aliphatic carboxylic acids is 1. The summed E-state index contributed by atoms with van der Waals surface area (Å²) in [6.45, 7) is 2.02. The molecular weight excluding hydrogens is 256 g/mol. The monoisotopic (exact) mass is 274 g/mol. The molecule has 0 saturated carbocycles. The van der Waals surface area contributed by atoms with Crippen LogP contribution in [0.3, 0.4) is 0 Å². The second-order valence-corrected chi connectivity index (χ2v) is 5.01. The largest absolute Gasteiger partial charge is 0.475 e. The zero-order valence-electron chi connectivity index (χ0n) is 11.4. The highest BCUT2D eigenvalue weighted by Crippen LogP contribution is 2.30. The highest BCUT2D eigenvalue weighted by atomic mass is 16.6. The van der Waals surface area contributed by atoms with E-state index in [1.807, 2.05) is 37.3 Å². The van der Waals surface area contributed by atoms with Gasteiger partial charge in [0.2, 0.25) is 5.76 Å². The Morgan fingerprint density at radius 3 is 2.60 bits per heavy atom. The van der Waals surface area contributed by atoms with Gasteiger partial charge in [0.15, 0.2) is 0 Å². The van der Waals surface area contributed by atoms with Crippen LogP contribution in [0, 0.1) is 11.8 Å². The number of cyclic esters (lactones) is 1. The summed E-state index contributed by atoms with van der Waals surface area (Å²) in [6.07, 6.45) is 3.84. The van der Waals surface area contributed by atoms with Crippen molar-refractivity contribution in [1.29, 1.82) is 0 Å². The Labute approximate surface area is 118 Å². The minimum absolute atomic E-state index is 0.0763. The maximum absolute atomic E-state index is 12.1. The van der Waals surface area contributed by atoms with Crippen LogP contribution < -0.4 is 0 Å². The van der Waals surface area contributed by atoms with Gasteiger partial charge in [-0.25, -0.2) is 4.79 Å². The minimum Gasteiger partial charge on any atom is -0.475 e. The van der Waals surface area contributed by atoms with Gasteiger partial charge < -0.3 is 9.84 Å². The van der Waals surface area contributed by atoms with E-state index in [0.29, 0.717) is 6.42 Å². The van der Waals surface area contributed by atoms with Crippen molar-refractivity contribution in [3.63, 3.8) is 0 Å². The summed E-state index contributed by atoms with van der Waals surface area (Å²) in [5.74, 6) is -2.24. The van der Waals surface area contributed by atoms with Crippen molar-refractivity contribution in [3.05, 3.63) is 47.7 Å². The maximum atomic E-state index is 12.1. The number of carboxylic acids is 1. The van der Waals surface area contributed by atoms with Gasteiger partial charge in [0.25, 0.3) is 0 Å². The van der Waals surface area contributed by atoms with E-state index < -0.39 is 11.9 Å². The molecule has 1 aliphatic rings. The van der Waals surface area contributed by atoms with Gasteiger partial charge in [-0.2, -0.15) is 0 Å². The SMILES string of the molecule is CCCC1C=C(C(=O)O)OC(=O)C1Cc1ccccc1. The van der Waals surface area contributed by atoms with Crippen molar-refractivity contribution in [3.8, 4) is 0 Å². The molecule has 1 aromatic carbocycles. The Morgan fingerprint density at radius 2 is 2.00 bits per heavy atom. The standard InChI is InChI=1S/C16H18O4/c1-2-6-12-10-14(15(17)18)20-16(19)13(12)9-11-7-4-3-5-8-11/h3-5,7-8,10,12-13H,2,6,9H2,1H3,(H,17,18). The average molecular weight is 274 g/mol. The predicted molar refractivity (Wildman–Crippen MR) is 73.8 cm³/mol. The number of carbonyl (C=O) groups excluding carboxylic acids is 1. The highest BCUT2D eigenvalue weighted by molar-refractivity contribution is 5.90. The first kappa shape index (κ1) is 14.3. The molecule has 4 nitrogen and oxygen atoms in total. The van der Waals surface area contributed by atoms with Gasteiger partial charge >= 0.3 is 11.9 Å². The lowest BCUT2D eigenvalue weighted by molar-refractivity contribution is -0.154. The first-order valence-corrected chi connectivity index (χ1v) is 6.82. The van der Waals surface area contributed by atoms with Gasteiger partial charge in [-0.1, -0.05) is 43.7 Å². The fourth-order valence-electron chi connectivity index (χ4n) is 2.54. The lowest BCUT2D eigenvalue weighted by Gasteiger charge is -2.27. The zero-order valence-corrected chi connectivity index (χ0v) is 11.4. The van der Waals surface area contributed by atoms with E-state index in [9.17, 15) is 9.59 Å². The Morgan fingerprint density at radius 1 is 1.30 bits per heavy atom. The smallest absolute Gasteiger partial charge is 0.371 e. The molecule has 1 aliphatic heterocycles. The molecule has 1 heterocycles.